The second-order valence-corrected chi connectivity index (χ2v) is 5.66. The second kappa shape index (κ2) is 7.68. The summed E-state index contributed by atoms with van der Waals surface area (Å²) in [4.78, 5) is 13.9. The number of nitrogens with zero attached hydrogens (tertiary/aromatic N) is 1. The molecule has 0 aliphatic carbocycles. The Hall–Kier alpha value is -1.76. The largest absolute Gasteiger partial charge is 0.573 e. The number of benzene rings is 1. The summed E-state index contributed by atoms with van der Waals surface area (Å²) in [5.74, 6) is -0.102. The third-order valence-electron chi connectivity index (χ3n) is 4.03. The third-order valence-corrected chi connectivity index (χ3v) is 4.03. The number of aliphatic hydroxyl groups excluding tert-OH is 1. The number of hydrogen-bond acceptors (Lipinski definition) is 3. The lowest BCUT2D eigenvalue weighted by Crippen LogP contribution is -2.39. The number of para-hydroxylation sites is 1. The number of likely N-dealkylation sites (tertiary alicyclic amines) is 1. The van der Waals surface area contributed by atoms with E-state index in [0.29, 0.717) is 18.7 Å². The van der Waals surface area contributed by atoms with Gasteiger partial charge < -0.3 is 14.7 Å². The van der Waals surface area contributed by atoms with Crippen LogP contribution in [-0.4, -0.2) is 42.0 Å². The van der Waals surface area contributed by atoms with E-state index in [1.165, 1.54) is 18.2 Å². The summed E-state index contributed by atoms with van der Waals surface area (Å²) >= 11 is 0. The molecule has 128 valence electrons. The number of ether oxygens (including phenoxy) is 1. The van der Waals surface area contributed by atoms with Gasteiger partial charge in [-0.1, -0.05) is 18.2 Å². The summed E-state index contributed by atoms with van der Waals surface area (Å²) in [6.45, 7) is 1.31. The molecule has 0 unspecified atom stereocenters. The minimum Gasteiger partial charge on any atom is -0.406 e. The maximum atomic E-state index is 12.4. The minimum absolute atomic E-state index is 0.0804. The number of halogens is 3. The Labute approximate surface area is 132 Å². The van der Waals surface area contributed by atoms with E-state index in [-0.39, 0.29) is 37.0 Å². The fourth-order valence-electron chi connectivity index (χ4n) is 2.70. The molecule has 1 aromatic carbocycles. The zero-order valence-electron chi connectivity index (χ0n) is 12.7. The van der Waals surface area contributed by atoms with E-state index in [2.05, 4.69) is 4.74 Å². The van der Waals surface area contributed by atoms with E-state index in [1.54, 1.807) is 11.0 Å². The first-order chi connectivity index (χ1) is 10.9. The summed E-state index contributed by atoms with van der Waals surface area (Å²) in [6, 6.07) is 5.87. The van der Waals surface area contributed by atoms with Gasteiger partial charge in [0.15, 0.2) is 0 Å². The van der Waals surface area contributed by atoms with Crippen molar-refractivity contribution < 1.29 is 27.8 Å². The van der Waals surface area contributed by atoms with E-state index in [1.807, 2.05) is 0 Å². The molecule has 1 saturated heterocycles. The lowest BCUT2D eigenvalue weighted by Gasteiger charge is -2.31. The molecule has 1 aliphatic heterocycles. The van der Waals surface area contributed by atoms with Crippen molar-refractivity contribution in [3.63, 3.8) is 0 Å². The summed E-state index contributed by atoms with van der Waals surface area (Å²) in [5.41, 5.74) is 0.364. The number of piperidine rings is 1. The van der Waals surface area contributed by atoms with Crippen LogP contribution in [-0.2, 0) is 11.2 Å². The highest BCUT2D eigenvalue weighted by atomic mass is 19.4. The summed E-state index contributed by atoms with van der Waals surface area (Å²) < 4.78 is 41.1. The highest BCUT2D eigenvalue weighted by Gasteiger charge is 2.32. The van der Waals surface area contributed by atoms with Crippen LogP contribution in [0.3, 0.4) is 0 Å². The number of carbonyl (C=O) groups excluding carboxylic acids is 1. The average Bonchev–Trinajstić information content (AvgIpc) is 2.52. The molecule has 1 heterocycles. The Kier molecular flexibility index (Phi) is 5.87. The zero-order chi connectivity index (χ0) is 16.9. The van der Waals surface area contributed by atoms with Gasteiger partial charge in [0.2, 0.25) is 5.91 Å². The number of alkyl halides is 3. The molecule has 7 heteroatoms. The van der Waals surface area contributed by atoms with Crippen LogP contribution in [0.1, 0.15) is 24.8 Å². The number of rotatable bonds is 5. The Morgan fingerprint density at radius 1 is 1.26 bits per heavy atom. The van der Waals surface area contributed by atoms with Crippen LogP contribution in [0.5, 0.6) is 5.75 Å². The van der Waals surface area contributed by atoms with Gasteiger partial charge in [-0.25, -0.2) is 0 Å². The van der Waals surface area contributed by atoms with Gasteiger partial charge in [-0.3, -0.25) is 4.79 Å². The van der Waals surface area contributed by atoms with E-state index >= 15 is 0 Å². The number of aryl methyl sites for hydroxylation is 1. The van der Waals surface area contributed by atoms with Gasteiger partial charge in [0, 0.05) is 26.1 Å². The summed E-state index contributed by atoms with van der Waals surface area (Å²) in [7, 11) is 0. The molecule has 4 nitrogen and oxygen atoms in total. The lowest BCUT2D eigenvalue weighted by atomic mass is 9.97. The first kappa shape index (κ1) is 17.6. The Bertz CT molecular complexity index is 526. The van der Waals surface area contributed by atoms with Crippen molar-refractivity contribution in [1.29, 1.82) is 0 Å². The molecule has 0 radical (unpaired) electrons. The van der Waals surface area contributed by atoms with Crippen LogP contribution >= 0.6 is 0 Å². The molecular formula is C16H20F3NO3. The SMILES string of the molecule is O=C(CCc1ccccc1OC(F)(F)F)N1CCC(CO)CC1. The van der Waals surface area contributed by atoms with Crippen molar-refractivity contribution in [2.45, 2.75) is 32.0 Å². The van der Waals surface area contributed by atoms with Crippen LogP contribution in [0, 0.1) is 5.92 Å². The minimum atomic E-state index is -4.74. The number of hydrogen-bond donors (Lipinski definition) is 1. The molecule has 0 atom stereocenters. The first-order valence-corrected chi connectivity index (χ1v) is 7.61. The first-order valence-electron chi connectivity index (χ1n) is 7.61. The van der Waals surface area contributed by atoms with E-state index in [9.17, 15) is 18.0 Å². The van der Waals surface area contributed by atoms with E-state index < -0.39 is 6.36 Å². The number of carbonyl (C=O) groups is 1. The molecule has 23 heavy (non-hydrogen) atoms. The molecule has 0 bridgehead atoms. The van der Waals surface area contributed by atoms with Gasteiger partial charge in [0.05, 0.1) is 0 Å². The van der Waals surface area contributed by atoms with Gasteiger partial charge in [-0.15, -0.1) is 13.2 Å². The summed E-state index contributed by atoms with van der Waals surface area (Å²) in [5, 5.41) is 9.08. The van der Waals surface area contributed by atoms with Crippen molar-refractivity contribution in [2.24, 2.45) is 5.92 Å². The van der Waals surface area contributed by atoms with Crippen molar-refractivity contribution >= 4 is 5.91 Å². The van der Waals surface area contributed by atoms with Crippen LogP contribution in [0.25, 0.3) is 0 Å². The molecule has 0 saturated carbocycles. The van der Waals surface area contributed by atoms with Crippen LogP contribution < -0.4 is 4.74 Å². The normalized spacial score (nSPS) is 16.4. The van der Waals surface area contributed by atoms with Crippen molar-refractivity contribution in [1.82, 2.24) is 4.90 Å². The Balaban J connectivity index is 1.90. The molecule has 1 aromatic rings. The second-order valence-electron chi connectivity index (χ2n) is 5.66. The topological polar surface area (TPSA) is 49.8 Å². The van der Waals surface area contributed by atoms with Gasteiger partial charge >= 0.3 is 6.36 Å². The van der Waals surface area contributed by atoms with Gasteiger partial charge in [0.25, 0.3) is 0 Å². The zero-order valence-corrected chi connectivity index (χ0v) is 12.7. The van der Waals surface area contributed by atoms with Gasteiger partial charge in [-0.2, -0.15) is 0 Å². The van der Waals surface area contributed by atoms with Crippen LogP contribution in [0.4, 0.5) is 13.2 Å². The maximum absolute atomic E-state index is 12.4. The highest BCUT2D eigenvalue weighted by Crippen LogP contribution is 2.27. The molecule has 0 aromatic heterocycles. The van der Waals surface area contributed by atoms with Crippen LogP contribution in [0.2, 0.25) is 0 Å². The molecule has 1 N–H and O–H groups in total. The molecule has 1 aliphatic rings. The summed E-state index contributed by atoms with van der Waals surface area (Å²) in [6.07, 6.45) is -2.88. The predicted octanol–water partition coefficient (Wildman–Crippen LogP) is 2.75. The van der Waals surface area contributed by atoms with E-state index in [0.717, 1.165) is 12.8 Å². The predicted molar refractivity (Wildman–Crippen MR) is 77.8 cm³/mol. The molecule has 1 fully saturated rings. The highest BCUT2D eigenvalue weighted by molar-refractivity contribution is 5.76. The third kappa shape index (κ3) is 5.42. The lowest BCUT2D eigenvalue weighted by molar-refractivity contribution is -0.274. The molecule has 2 rings (SSSR count). The molecule has 1 amide bonds. The van der Waals surface area contributed by atoms with Crippen molar-refractivity contribution in [2.75, 3.05) is 19.7 Å². The maximum Gasteiger partial charge on any atom is 0.573 e. The number of amides is 1. The fourth-order valence-corrected chi connectivity index (χ4v) is 2.70. The standard InChI is InChI=1S/C16H20F3NO3/c17-16(18,19)23-14-4-2-1-3-13(14)5-6-15(22)20-9-7-12(11-21)8-10-20/h1-4,12,21H,5-11H2. The van der Waals surface area contributed by atoms with E-state index in [4.69, 9.17) is 5.11 Å². The Morgan fingerprint density at radius 3 is 2.52 bits per heavy atom. The fraction of sp³-hybridized carbons (Fsp3) is 0.562. The van der Waals surface area contributed by atoms with Crippen LogP contribution in [0.15, 0.2) is 24.3 Å². The monoisotopic (exact) mass is 331 g/mol. The average molecular weight is 331 g/mol. The van der Waals surface area contributed by atoms with Crippen molar-refractivity contribution in [3.05, 3.63) is 29.8 Å². The quantitative estimate of drug-likeness (QED) is 0.903. The van der Waals surface area contributed by atoms with Crippen molar-refractivity contribution in [3.8, 4) is 5.75 Å². The van der Waals surface area contributed by atoms with Gasteiger partial charge in [-0.05, 0) is 36.8 Å². The van der Waals surface area contributed by atoms with Gasteiger partial charge in [0.1, 0.15) is 5.75 Å². The molecule has 0 spiro atoms. The smallest absolute Gasteiger partial charge is 0.406 e. The molecular weight excluding hydrogens is 311 g/mol. The Morgan fingerprint density at radius 2 is 1.91 bits per heavy atom. The number of aliphatic hydroxyl groups is 1.